The molecule has 2 amide bonds. The number of fused-ring (bicyclic) bond motifs is 1. The summed E-state index contributed by atoms with van der Waals surface area (Å²) >= 11 is 0. The first kappa shape index (κ1) is 12.1. The fourth-order valence-electron chi connectivity index (χ4n) is 1.49. The van der Waals surface area contributed by atoms with Crippen molar-refractivity contribution in [3.8, 4) is 0 Å². The van der Waals surface area contributed by atoms with Gasteiger partial charge in [-0.1, -0.05) is 18.2 Å². The van der Waals surface area contributed by atoms with E-state index >= 15 is 0 Å². The van der Waals surface area contributed by atoms with Gasteiger partial charge in [0.05, 0.1) is 0 Å². The molecule has 1 unspecified atom stereocenters. The number of aliphatic hydroxyl groups is 1. The number of rotatable bonds is 2. The standard InChI is InChI=1S/C12H13N3O3/c1-7(16)11(17)14-15-12(18)10-6-8-4-2-3-5-9(8)13-10/h2-7,13,16H,1H3,(H,14,17)(H,15,18). The van der Waals surface area contributed by atoms with Gasteiger partial charge in [0, 0.05) is 10.9 Å². The van der Waals surface area contributed by atoms with E-state index in [1.54, 1.807) is 6.07 Å². The lowest BCUT2D eigenvalue weighted by molar-refractivity contribution is -0.129. The number of hydrazine groups is 1. The van der Waals surface area contributed by atoms with Crippen LogP contribution in [0.5, 0.6) is 0 Å². The maximum Gasteiger partial charge on any atom is 0.286 e. The Balaban J connectivity index is 2.07. The Morgan fingerprint density at radius 2 is 2.00 bits per heavy atom. The van der Waals surface area contributed by atoms with Gasteiger partial charge in [0.15, 0.2) is 0 Å². The lowest BCUT2D eigenvalue weighted by Crippen LogP contribution is -2.45. The SMILES string of the molecule is CC(O)C(=O)NNC(=O)c1cc2ccccc2[nH]1. The van der Waals surface area contributed by atoms with Gasteiger partial charge in [0.2, 0.25) is 0 Å². The maximum absolute atomic E-state index is 11.7. The number of amides is 2. The molecule has 1 aromatic heterocycles. The molecular weight excluding hydrogens is 234 g/mol. The summed E-state index contributed by atoms with van der Waals surface area (Å²) in [6.45, 7) is 1.31. The van der Waals surface area contributed by atoms with Crippen LogP contribution in [0.3, 0.4) is 0 Å². The summed E-state index contributed by atoms with van der Waals surface area (Å²) in [5.41, 5.74) is 5.50. The van der Waals surface area contributed by atoms with E-state index in [0.29, 0.717) is 5.69 Å². The molecule has 1 atom stereocenters. The first-order valence-corrected chi connectivity index (χ1v) is 5.44. The van der Waals surface area contributed by atoms with Crippen molar-refractivity contribution in [2.75, 3.05) is 0 Å². The first-order chi connectivity index (χ1) is 8.58. The zero-order valence-electron chi connectivity index (χ0n) is 9.73. The number of hydrogen-bond donors (Lipinski definition) is 4. The number of H-pyrrole nitrogens is 1. The van der Waals surface area contributed by atoms with Gasteiger partial charge in [0.1, 0.15) is 11.8 Å². The molecule has 0 saturated heterocycles. The average molecular weight is 247 g/mol. The Morgan fingerprint density at radius 1 is 1.28 bits per heavy atom. The topological polar surface area (TPSA) is 94.2 Å². The van der Waals surface area contributed by atoms with E-state index in [0.717, 1.165) is 10.9 Å². The minimum atomic E-state index is -1.17. The van der Waals surface area contributed by atoms with Crippen molar-refractivity contribution in [1.82, 2.24) is 15.8 Å². The van der Waals surface area contributed by atoms with Crippen LogP contribution in [-0.4, -0.2) is 28.0 Å². The van der Waals surface area contributed by atoms with Crippen LogP contribution in [0.1, 0.15) is 17.4 Å². The molecule has 2 rings (SSSR count). The Morgan fingerprint density at radius 3 is 2.67 bits per heavy atom. The third-order valence-corrected chi connectivity index (χ3v) is 2.45. The second-order valence-corrected chi connectivity index (χ2v) is 3.89. The summed E-state index contributed by atoms with van der Waals surface area (Å²) in [5.74, 6) is -1.14. The van der Waals surface area contributed by atoms with Crippen molar-refractivity contribution in [3.63, 3.8) is 0 Å². The van der Waals surface area contributed by atoms with E-state index in [1.165, 1.54) is 6.92 Å². The Bertz CT molecular complexity index is 556. The minimum absolute atomic E-state index is 0.335. The van der Waals surface area contributed by atoms with Crippen LogP contribution in [0.15, 0.2) is 30.3 Å². The summed E-state index contributed by atoms with van der Waals surface area (Å²) < 4.78 is 0. The van der Waals surface area contributed by atoms with E-state index in [-0.39, 0.29) is 0 Å². The van der Waals surface area contributed by atoms with Crippen LogP contribution in [0, 0.1) is 0 Å². The molecule has 94 valence electrons. The lowest BCUT2D eigenvalue weighted by atomic mass is 10.2. The monoisotopic (exact) mass is 247 g/mol. The molecule has 0 saturated carbocycles. The zero-order valence-corrected chi connectivity index (χ0v) is 9.73. The van der Waals surface area contributed by atoms with Crippen molar-refractivity contribution >= 4 is 22.7 Å². The number of benzene rings is 1. The number of para-hydroxylation sites is 1. The van der Waals surface area contributed by atoms with Gasteiger partial charge in [0.25, 0.3) is 11.8 Å². The number of aliphatic hydroxyl groups excluding tert-OH is 1. The summed E-state index contributed by atoms with van der Waals surface area (Å²) in [5, 5.41) is 9.85. The highest BCUT2D eigenvalue weighted by Gasteiger charge is 2.12. The van der Waals surface area contributed by atoms with Gasteiger partial charge in [-0.2, -0.15) is 0 Å². The molecule has 6 heteroatoms. The van der Waals surface area contributed by atoms with Crippen LogP contribution >= 0.6 is 0 Å². The second-order valence-electron chi connectivity index (χ2n) is 3.89. The van der Waals surface area contributed by atoms with Crippen molar-refractivity contribution in [1.29, 1.82) is 0 Å². The number of aromatic nitrogens is 1. The van der Waals surface area contributed by atoms with Crippen molar-refractivity contribution < 1.29 is 14.7 Å². The molecule has 0 bridgehead atoms. The van der Waals surface area contributed by atoms with Crippen molar-refractivity contribution in [2.24, 2.45) is 0 Å². The molecule has 18 heavy (non-hydrogen) atoms. The smallest absolute Gasteiger partial charge is 0.286 e. The van der Waals surface area contributed by atoms with Crippen molar-refractivity contribution in [2.45, 2.75) is 13.0 Å². The van der Waals surface area contributed by atoms with Crippen LogP contribution in [-0.2, 0) is 4.79 Å². The summed E-state index contributed by atoms with van der Waals surface area (Å²) in [7, 11) is 0. The maximum atomic E-state index is 11.7. The predicted octanol–water partition coefficient (Wildman–Crippen LogP) is 0.310. The number of hydrogen-bond acceptors (Lipinski definition) is 3. The molecule has 0 aliphatic rings. The minimum Gasteiger partial charge on any atom is -0.383 e. The first-order valence-electron chi connectivity index (χ1n) is 5.44. The lowest BCUT2D eigenvalue weighted by Gasteiger charge is -2.07. The van der Waals surface area contributed by atoms with Gasteiger partial charge in [-0.25, -0.2) is 0 Å². The summed E-state index contributed by atoms with van der Waals surface area (Å²) in [4.78, 5) is 25.7. The van der Waals surface area contributed by atoms with Crippen LogP contribution < -0.4 is 10.9 Å². The molecule has 4 N–H and O–H groups in total. The molecule has 1 aromatic carbocycles. The quantitative estimate of drug-likeness (QED) is 0.575. The zero-order chi connectivity index (χ0) is 13.1. The van der Waals surface area contributed by atoms with Gasteiger partial charge in [-0.3, -0.25) is 20.4 Å². The number of carbonyl (C=O) groups excluding carboxylic acids is 2. The molecule has 6 nitrogen and oxygen atoms in total. The van der Waals surface area contributed by atoms with Crippen LogP contribution in [0.25, 0.3) is 10.9 Å². The average Bonchev–Trinajstić information content (AvgIpc) is 2.79. The van der Waals surface area contributed by atoms with E-state index in [9.17, 15) is 9.59 Å². The molecule has 1 heterocycles. The van der Waals surface area contributed by atoms with E-state index < -0.39 is 17.9 Å². The fraction of sp³-hybridized carbons (Fsp3) is 0.167. The highest BCUT2D eigenvalue weighted by atomic mass is 16.3. The molecule has 0 spiro atoms. The number of aromatic amines is 1. The normalized spacial score (nSPS) is 12.1. The van der Waals surface area contributed by atoms with Crippen LogP contribution in [0.4, 0.5) is 0 Å². The molecule has 0 fully saturated rings. The second kappa shape index (κ2) is 4.89. The fourth-order valence-corrected chi connectivity index (χ4v) is 1.49. The Kier molecular flexibility index (Phi) is 3.29. The Labute approximate surface area is 103 Å². The number of carbonyl (C=O) groups is 2. The third-order valence-electron chi connectivity index (χ3n) is 2.45. The summed E-state index contributed by atoms with van der Waals surface area (Å²) in [6.07, 6.45) is -1.17. The van der Waals surface area contributed by atoms with E-state index in [4.69, 9.17) is 5.11 Å². The van der Waals surface area contributed by atoms with E-state index in [2.05, 4.69) is 15.8 Å². The molecule has 0 aliphatic carbocycles. The molecule has 0 radical (unpaired) electrons. The molecule has 0 aliphatic heterocycles. The number of nitrogens with one attached hydrogen (secondary N) is 3. The van der Waals surface area contributed by atoms with Gasteiger partial charge in [-0.15, -0.1) is 0 Å². The van der Waals surface area contributed by atoms with Crippen molar-refractivity contribution in [3.05, 3.63) is 36.0 Å². The van der Waals surface area contributed by atoms with Gasteiger partial charge < -0.3 is 10.1 Å². The molecule has 2 aromatic rings. The largest absolute Gasteiger partial charge is 0.383 e. The third kappa shape index (κ3) is 2.49. The summed E-state index contributed by atoms with van der Waals surface area (Å²) in [6, 6.07) is 9.12. The predicted molar refractivity (Wildman–Crippen MR) is 65.6 cm³/mol. The Hall–Kier alpha value is -2.34. The van der Waals surface area contributed by atoms with Gasteiger partial charge >= 0.3 is 0 Å². The van der Waals surface area contributed by atoms with E-state index in [1.807, 2.05) is 24.3 Å². The highest BCUT2D eigenvalue weighted by Crippen LogP contribution is 2.14. The highest BCUT2D eigenvalue weighted by molar-refractivity contribution is 5.98. The molecular formula is C12H13N3O3. The van der Waals surface area contributed by atoms with Gasteiger partial charge in [-0.05, 0) is 19.1 Å². The van der Waals surface area contributed by atoms with Crippen LogP contribution in [0.2, 0.25) is 0 Å².